The topological polar surface area (TPSA) is 45.2 Å². The molecule has 102 valence electrons. The van der Waals surface area contributed by atoms with Gasteiger partial charge in [-0.1, -0.05) is 31.6 Å². The predicted molar refractivity (Wildman–Crippen MR) is 75.5 cm³/mol. The number of carbonyl (C=O) groups is 1. The first kappa shape index (κ1) is 13.7. The van der Waals surface area contributed by atoms with Gasteiger partial charge in [-0.05, 0) is 18.1 Å². The first-order chi connectivity index (χ1) is 9.31. The lowest BCUT2D eigenvalue weighted by atomic mass is 10.2. The fourth-order valence-electron chi connectivity index (χ4n) is 2.16. The molecule has 1 N–H and O–H groups in total. The Kier molecular flexibility index (Phi) is 5.10. The first-order valence-corrected chi connectivity index (χ1v) is 6.89. The predicted octanol–water partition coefficient (Wildman–Crippen LogP) is 1.74. The van der Waals surface area contributed by atoms with Gasteiger partial charge in [0.1, 0.15) is 6.04 Å². The van der Waals surface area contributed by atoms with E-state index in [4.69, 9.17) is 0 Å². The summed E-state index contributed by atoms with van der Waals surface area (Å²) in [6.07, 6.45) is 9.65. The molecule has 1 amide bonds. The van der Waals surface area contributed by atoms with Crippen molar-refractivity contribution in [2.45, 2.75) is 32.4 Å². The molecule has 0 fully saturated rings. The van der Waals surface area contributed by atoms with Crippen LogP contribution in [-0.2, 0) is 11.3 Å². The van der Waals surface area contributed by atoms with E-state index in [1.807, 2.05) is 35.4 Å². The summed E-state index contributed by atoms with van der Waals surface area (Å²) in [5.74, 6) is 0.158. The maximum atomic E-state index is 12.4. The molecule has 0 aliphatic carbocycles. The van der Waals surface area contributed by atoms with Crippen molar-refractivity contribution in [2.75, 3.05) is 13.1 Å². The molecular formula is C15H21N3O. The Bertz CT molecular complexity index is 430. The molecule has 4 heteroatoms. The molecule has 0 radical (unpaired) electrons. The van der Waals surface area contributed by atoms with Gasteiger partial charge in [-0.25, -0.2) is 0 Å². The molecule has 1 aliphatic heterocycles. The molecule has 0 saturated heterocycles. The van der Waals surface area contributed by atoms with Crippen LogP contribution in [0, 0.1) is 0 Å². The second-order valence-electron chi connectivity index (χ2n) is 4.79. The van der Waals surface area contributed by atoms with E-state index >= 15 is 0 Å². The van der Waals surface area contributed by atoms with Crippen LogP contribution in [0.4, 0.5) is 0 Å². The molecule has 1 aromatic rings. The molecule has 0 aromatic carbocycles. The number of nitrogens with zero attached hydrogens (tertiary/aromatic N) is 2. The monoisotopic (exact) mass is 259 g/mol. The quantitative estimate of drug-likeness (QED) is 0.791. The normalized spacial score (nSPS) is 17.6. The zero-order valence-corrected chi connectivity index (χ0v) is 11.4. The molecular weight excluding hydrogens is 238 g/mol. The van der Waals surface area contributed by atoms with Crippen LogP contribution in [0.1, 0.15) is 25.3 Å². The summed E-state index contributed by atoms with van der Waals surface area (Å²) in [7, 11) is 0. The second kappa shape index (κ2) is 7.04. The lowest BCUT2D eigenvalue weighted by Crippen LogP contribution is -2.43. The third-order valence-corrected chi connectivity index (χ3v) is 3.24. The fraction of sp³-hybridized carbons (Fsp3) is 0.467. The third kappa shape index (κ3) is 3.89. The van der Waals surface area contributed by atoms with E-state index < -0.39 is 0 Å². The number of pyridine rings is 1. The van der Waals surface area contributed by atoms with Crippen molar-refractivity contribution < 1.29 is 4.79 Å². The highest BCUT2D eigenvalue weighted by Gasteiger charge is 2.23. The lowest BCUT2D eigenvalue weighted by molar-refractivity contribution is -0.132. The SMILES string of the molecule is CCCCN(Cc1cccnc1)C(=O)C1C=CCN1. The zero-order chi connectivity index (χ0) is 13.5. The van der Waals surface area contributed by atoms with Crippen molar-refractivity contribution in [3.63, 3.8) is 0 Å². The van der Waals surface area contributed by atoms with E-state index in [1.165, 1.54) is 0 Å². The number of aromatic nitrogens is 1. The van der Waals surface area contributed by atoms with Gasteiger partial charge in [0.15, 0.2) is 0 Å². The fourth-order valence-corrected chi connectivity index (χ4v) is 2.16. The van der Waals surface area contributed by atoms with E-state index in [2.05, 4.69) is 17.2 Å². The van der Waals surface area contributed by atoms with Gasteiger partial charge in [0.05, 0.1) is 0 Å². The van der Waals surface area contributed by atoms with Gasteiger partial charge in [0, 0.05) is 32.0 Å². The molecule has 2 heterocycles. The summed E-state index contributed by atoms with van der Waals surface area (Å²) < 4.78 is 0. The van der Waals surface area contributed by atoms with Crippen LogP contribution < -0.4 is 5.32 Å². The highest BCUT2D eigenvalue weighted by atomic mass is 16.2. The summed E-state index contributed by atoms with van der Waals surface area (Å²) in [4.78, 5) is 18.5. The largest absolute Gasteiger partial charge is 0.337 e. The second-order valence-corrected chi connectivity index (χ2v) is 4.79. The van der Waals surface area contributed by atoms with Gasteiger partial charge in [-0.3, -0.25) is 15.1 Å². The minimum absolute atomic E-state index is 0.158. The van der Waals surface area contributed by atoms with Crippen molar-refractivity contribution in [3.8, 4) is 0 Å². The van der Waals surface area contributed by atoms with Crippen LogP contribution in [0.5, 0.6) is 0 Å². The Labute approximate surface area is 114 Å². The average Bonchev–Trinajstić information content (AvgIpc) is 2.98. The third-order valence-electron chi connectivity index (χ3n) is 3.24. The van der Waals surface area contributed by atoms with Crippen molar-refractivity contribution >= 4 is 5.91 Å². The zero-order valence-electron chi connectivity index (χ0n) is 11.4. The Morgan fingerprint density at radius 3 is 3.11 bits per heavy atom. The van der Waals surface area contributed by atoms with Crippen molar-refractivity contribution in [1.82, 2.24) is 15.2 Å². The summed E-state index contributed by atoms with van der Waals surface area (Å²) >= 11 is 0. The molecule has 1 aliphatic rings. The van der Waals surface area contributed by atoms with Crippen LogP contribution in [0.25, 0.3) is 0 Å². The lowest BCUT2D eigenvalue weighted by Gasteiger charge is -2.25. The van der Waals surface area contributed by atoms with Gasteiger partial charge in [0.25, 0.3) is 0 Å². The van der Waals surface area contributed by atoms with Gasteiger partial charge < -0.3 is 4.90 Å². The maximum absolute atomic E-state index is 12.4. The number of hydrogen-bond acceptors (Lipinski definition) is 3. The van der Waals surface area contributed by atoms with E-state index in [0.717, 1.165) is 31.5 Å². The number of amides is 1. The van der Waals surface area contributed by atoms with Crippen molar-refractivity contribution in [1.29, 1.82) is 0 Å². The van der Waals surface area contributed by atoms with E-state index in [-0.39, 0.29) is 11.9 Å². The maximum Gasteiger partial charge on any atom is 0.243 e. The van der Waals surface area contributed by atoms with Gasteiger partial charge >= 0.3 is 0 Å². The number of hydrogen-bond donors (Lipinski definition) is 1. The minimum Gasteiger partial charge on any atom is -0.337 e. The molecule has 1 aromatic heterocycles. The van der Waals surface area contributed by atoms with Crippen LogP contribution >= 0.6 is 0 Å². The molecule has 1 unspecified atom stereocenters. The molecule has 2 rings (SSSR count). The van der Waals surface area contributed by atoms with Gasteiger partial charge in [-0.2, -0.15) is 0 Å². The first-order valence-electron chi connectivity index (χ1n) is 6.89. The van der Waals surface area contributed by atoms with Crippen LogP contribution in [0.2, 0.25) is 0 Å². The standard InChI is InChI=1S/C15H21N3O/c1-2-3-10-18(12-13-6-4-8-16-11-13)15(19)14-7-5-9-17-14/h4-8,11,14,17H,2-3,9-10,12H2,1H3. The molecule has 0 spiro atoms. The number of nitrogens with one attached hydrogen (secondary N) is 1. The molecule has 4 nitrogen and oxygen atoms in total. The highest BCUT2D eigenvalue weighted by molar-refractivity contribution is 5.84. The summed E-state index contributed by atoms with van der Waals surface area (Å²) in [6.45, 7) is 4.36. The van der Waals surface area contributed by atoms with Crippen molar-refractivity contribution in [3.05, 3.63) is 42.2 Å². The summed E-state index contributed by atoms with van der Waals surface area (Å²) in [5.41, 5.74) is 1.08. The molecule has 0 saturated carbocycles. The van der Waals surface area contributed by atoms with Crippen LogP contribution in [-0.4, -0.2) is 34.9 Å². The van der Waals surface area contributed by atoms with E-state index in [0.29, 0.717) is 6.54 Å². The Balaban J connectivity index is 2.02. The Hall–Kier alpha value is -1.68. The molecule has 1 atom stereocenters. The minimum atomic E-state index is -0.159. The van der Waals surface area contributed by atoms with Crippen LogP contribution in [0.3, 0.4) is 0 Å². The molecule has 19 heavy (non-hydrogen) atoms. The van der Waals surface area contributed by atoms with E-state index in [1.54, 1.807) is 6.20 Å². The van der Waals surface area contributed by atoms with E-state index in [9.17, 15) is 4.79 Å². The summed E-state index contributed by atoms with van der Waals surface area (Å²) in [6, 6.07) is 3.76. The number of rotatable bonds is 6. The number of carbonyl (C=O) groups excluding carboxylic acids is 1. The van der Waals surface area contributed by atoms with Crippen LogP contribution in [0.15, 0.2) is 36.7 Å². The smallest absolute Gasteiger partial charge is 0.243 e. The highest BCUT2D eigenvalue weighted by Crippen LogP contribution is 2.09. The average molecular weight is 259 g/mol. The molecule has 0 bridgehead atoms. The Morgan fingerprint density at radius 1 is 1.58 bits per heavy atom. The number of unbranched alkanes of at least 4 members (excludes halogenated alkanes) is 1. The van der Waals surface area contributed by atoms with Gasteiger partial charge in [-0.15, -0.1) is 0 Å². The van der Waals surface area contributed by atoms with Crippen molar-refractivity contribution in [2.24, 2.45) is 0 Å². The summed E-state index contributed by atoms with van der Waals surface area (Å²) in [5, 5.41) is 3.18. The van der Waals surface area contributed by atoms with Gasteiger partial charge in [0.2, 0.25) is 5.91 Å². The Morgan fingerprint density at radius 2 is 2.47 bits per heavy atom.